The highest BCUT2D eigenvalue weighted by molar-refractivity contribution is 5.96. The van der Waals surface area contributed by atoms with Crippen LogP contribution < -0.4 is 9.80 Å². The molecule has 0 heterocycles. The van der Waals surface area contributed by atoms with Crippen LogP contribution >= 0.6 is 0 Å². The Morgan fingerprint density at radius 3 is 2.06 bits per heavy atom. The molecule has 0 saturated carbocycles. The standard InChI is InChI=1S/C45H40N2/c1-33-12-9-19-41(32-33)47(45-23-11-16-37-14-6-8-21-43(37)45)40-30-26-35(27-31-40)34-24-28-39(29-25-34)46(38-17-3-2-4-18-38)44-22-10-15-36-13-5-7-20-42(36)44/h3,5-17,19-22,24-32,38,45H,2,4,18,23H2,1H3. The summed E-state index contributed by atoms with van der Waals surface area (Å²) in [6.07, 6.45) is 13.8. The van der Waals surface area contributed by atoms with Gasteiger partial charge in [-0.3, -0.25) is 0 Å². The van der Waals surface area contributed by atoms with Crippen LogP contribution in [-0.2, 0) is 0 Å². The van der Waals surface area contributed by atoms with Gasteiger partial charge in [-0.05, 0) is 108 Å². The van der Waals surface area contributed by atoms with Crippen molar-refractivity contribution in [1.82, 2.24) is 0 Å². The van der Waals surface area contributed by atoms with Crippen molar-refractivity contribution in [2.75, 3.05) is 9.80 Å². The van der Waals surface area contributed by atoms with E-state index in [1.165, 1.54) is 74.2 Å². The van der Waals surface area contributed by atoms with E-state index < -0.39 is 0 Å². The molecule has 0 spiro atoms. The predicted molar refractivity (Wildman–Crippen MR) is 201 cm³/mol. The first kappa shape index (κ1) is 29.1. The van der Waals surface area contributed by atoms with Crippen LogP contribution in [0.2, 0.25) is 0 Å². The van der Waals surface area contributed by atoms with Gasteiger partial charge < -0.3 is 9.80 Å². The third kappa shape index (κ3) is 5.77. The molecule has 0 radical (unpaired) electrons. The first-order valence-electron chi connectivity index (χ1n) is 17.0. The highest BCUT2D eigenvalue weighted by atomic mass is 15.2. The minimum atomic E-state index is 0.233. The Morgan fingerprint density at radius 2 is 1.30 bits per heavy atom. The SMILES string of the molecule is Cc1cccc(N(c2ccc(-c3ccc(N(c4cccc5ccccc45)C4C=CCCC4)cc3)cc2)C2CC=Cc3ccccc32)c1. The predicted octanol–water partition coefficient (Wildman–Crippen LogP) is 12.4. The summed E-state index contributed by atoms with van der Waals surface area (Å²) in [5.41, 5.74) is 11.3. The number of aryl methyl sites for hydroxylation is 1. The number of hydrogen-bond acceptors (Lipinski definition) is 2. The normalized spacial score (nSPS) is 17.0. The molecule has 2 aliphatic carbocycles. The van der Waals surface area contributed by atoms with E-state index in [0.29, 0.717) is 6.04 Å². The minimum Gasteiger partial charge on any atom is -0.334 e. The van der Waals surface area contributed by atoms with Gasteiger partial charge in [-0.15, -0.1) is 0 Å². The second kappa shape index (κ2) is 12.8. The van der Waals surface area contributed by atoms with Crippen LogP contribution in [-0.4, -0.2) is 6.04 Å². The van der Waals surface area contributed by atoms with Crippen LogP contribution in [0.3, 0.4) is 0 Å². The highest BCUT2D eigenvalue weighted by Gasteiger charge is 2.26. The molecule has 2 aliphatic rings. The van der Waals surface area contributed by atoms with E-state index in [1.807, 2.05) is 0 Å². The minimum absolute atomic E-state index is 0.233. The molecule has 6 aromatic carbocycles. The largest absolute Gasteiger partial charge is 0.334 e. The van der Waals surface area contributed by atoms with E-state index in [1.54, 1.807) is 0 Å². The fraction of sp³-hybridized carbons (Fsp3) is 0.156. The molecule has 0 aromatic heterocycles. The van der Waals surface area contributed by atoms with Crippen molar-refractivity contribution < 1.29 is 0 Å². The number of fused-ring (bicyclic) bond motifs is 2. The molecule has 8 rings (SSSR count). The van der Waals surface area contributed by atoms with Gasteiger partial charge in [-0.1, -0.05) is 121 Å². The fourth-order valence-corrected chi connectivity index (χ4v) is 7.51. The summed E-state index contributed by atoms with van der Waals surface area (Å²) in [5, 5.41) is 2.57. The lowest BCUT2D eigenvalue weighted by Gasteiger charge is -2.36. The molecular weight excluding hydrogens is 569 g/mol. The summed E-state index contributed by atoms with van der Waals surface area (Å²) in [5.74, 6) is 0. The van der Waals surface area contributed by atoms with Gasteiger partial charge in [0.15, 0.2) is 0 Å². The summed E-state index contributed by atoms with van der Waals surface area (Å²) < 4.78 is 0. The Morgan fingerprint density at radius 1 is 0.596 bits per heavy atom. The lowest BCUT2D eigenvalue weighted by Crippen LogP contribution is -2.30. The van der Waals surface area contributed by atoms with Gasteiger partial charge in [-0.2, -0.15) is 0 Å². The number of benzene rings is 6. The maximum absolute atomic E-state index is 2.54. The van der Waals surface area contributed by atoms with Gasteiger partial charge >= 0.3 is 0 Å². The fourth-order valence-electron chi connectivity index (χ4n) is 7.51. The topological polar surface area (TPSA) is 6.48 Å². The third-order valence-corrected chi connectivity index (χ3v) is 9.81. The molecule has 0 aliphatic heterocycles. The van der Waals surface area contributed by atoms with Crippen molar-refractivity contribution in [3.63, 3.8) is 0 Å². The monoisotopic (exact) mass is 608 g/mol. The van der Waals surface area contributed by atoms with Crippen LogP contribution in [0, 0.1) is 6.92 Å². The summed E-state index contributed by atoms with van der Waals surface area (Å²) >= 11 is 0. The average molecular weight is 609 g/mol. The van der Waals surface area contributed by atoms with E-state index in [0.717, 1.165) is 12.8 Å². The Bertz CT molecular complexity index is 2060. The smallest absolute Gasteiger partial charge is 0.0631 e. The molecular formula is C45H40N2. The number of rotatable bonds is 7. The maximum atomic E-state index is 2.54. The second-order valence-electron chi connectivity index (χ2n) is 12.9. The van der Waals surface area contributed by atoms with E-state index in [9.17, 15) is 0 Å². The molecule has 0 fully saturated rings. The van der Waals surface area contributed by atoms with Crippen molar-refractivity contribution in [1.29, 1.82) is 0 Å². The molecule has 0 N–H and O–H groups in total. The summed E-state index contributed by atoms with van der Waals surface area (Å²) in [4.78, 5) is 5.06. The molecule has 230 valence electrons. The number of allylic oxidation sites excluding steroid dienone is 1. The zero-order valence-electron chi connectivity index (χ0n) is 27.0. The van der Waals surface area contributed by atoms with E-state index in [-0.39, 0.29) is 6.04 Å². The van der Waals surface area contributed by atoms with Crippen LogP contribution in [0.5, 0.6) is 0 Å². The zero-order valence-corrected chi connectivity index (χ0v) is 27.0. The van der Waals surface area contributed by atoms with Crippen LogP contribution in [0.4, 0.5) is 22.7 Å². The van der Waals surface area contributed by atoms with Crippen LogP contribution in [0.1, 0.15) is 48.4 Å². The summed E-state index contributed by atoms with van der Waals surface area (Å²) in [6.45, 7) is 2.18. The van der Waals surface area contributed by atoms with Crippen molar-refractivity contribution in [3.8, 4) is 11.1 Å². The number of hydrogen-bond donors (Lipinski definition) is 0. The molecule has 0 saturated heterocycles. The van der Waals surface area contributed by atoms with Gasteiger partial charge in [0.05, 0.1) is 12.1 Å². The molecule has 0 bridgehead atoms. The van der Waals surface area contributed by atoms with Crippen molar-refractivity contribution >= 4 is 39.6 Å². The Balaban J connectivity index is 1.13. The summed E-state index contributed by atoms with van der Waals surface area (Å²) in [7, 11) is 0. The first-order chi connectivity index (χ1) is 23.2. The maximum Gasteiger partial charge on any atom is 0.0631 e. The Kier molecular flexibility index (Phi) is 7.93. The van der Waals surface area contributed by atoms with Crippen LogP contribution in [0.15, 0.2) is 158 Å². The zero-order chi connectivity index (χ0) is 31.6. The number of anilines is 4. The lowest BCUT2D eigenvalue weighted by atomic mass is 9.90. The Hall–Kier alpha value is -5.34. The Labute approximate surface area is 278 Å². The second-order valence-corrected chi connectivity index (χ2v) is 12.9. The highest BCUT2D eigenvalue weighted by Crippen LogP contribution is 2.42. The molecule has 2 unspecified atom stereocenters. The molecule has 0 amide bonds. The van der Waals surface area contributed by atoms with Gasteiger partial charge in [-0.25, -0.2) is 0 Å². The first-order valence-corrected chi connectivity index (χ1v) is 17.0. The summed E-state index contributed by atoms with van der Waals surface area (Å²) in [6, 6.07) is 52.0. The van der Waals surface area contributed by atoms with Crippen molar-refractivity contribution in [3.05, 3.63) is 174 Å². The number of nitrogens with zero attached hydrogens (tertiary/aromatic N) is 2. The third-order valence-electron chi connectivity index (χ3n) is 9.81. The molecule has 6 aromatic rings. The van der Waals surface area contributed by atoms with Gasteiger partial charge in [0, 0.05) is 28.1 Å². The quantitative estimate of drug-likeness (QED) is 0.166. The van der Waals surface area contributed by atoms with Crippen molar-refractivity contribution in [2.24, 2.45) is 0 Å². The van der Waals surface area contributed by atoms with Gasteiger partial charge in [0.2, 0.25) is 0 Å². The lowest BCUT2D eigenvalue weighted by molar-refractivity contribution is 0.632. The van der Waals surface area contributed by atoms with E-state index in [4.69, 9.17) is 0 Å². The molecule has 47 heavy (non-hydrogen) atoms. The van der Waals surface area contributed by atoms with Gasteiger partial charge in [0.25, 0.3) is 0 Å². The molecule has 2 atom stereocenters. The molecule has 2 nitrogen and oxygen atoms in total. The molecule has 2 heteroatoms. The van der Waals surface area contributed by atoms with E-state index in [2.05, 4.69) is 181 Å². The van der Waals surface area contributed by atoms with E-state index >= 15 is 0 Å². The van der Waals surface area contributed by atoms with Crippen molar-refractivity contribution in [2.45, 2.75) is 44.7 Å². The average Bonchev–Trinajstić information content (AvgIpc) is 3.13. The van der Waals surface area contributed by atoms with Crippen LogP contribution in [0.25, 0.3) is 28.0 Å². The van der Waals surface area contributed by atoms with Gasteiger partial charge in [0.1, 0.15) is 0 Å².